The lowest BCUT2D eigenvalue weighted by atomic mass is 10.1. The summed E-state index contributed by atoms with van der Waals surface area (Å²) in [5.74, 6) is 0.0376. The molecule has 3 aromatic rings. The summed E-state index contributed by atoms with van der Waals surface area (Å²) < 4.78 is 0. The van der Waals surface area contributed by atoms with Gasteiger partial charge in [0.05, 0.1) is 23.7 Å². The number of hydrogen-bond acceptors (Lipinski definition) is 4. The van der Waals surface area contributed by atoms with E-state index in [4.69, 9.17) is 4.98 Å². The fraction of sp³-hybridized carbons (Fsp3) is 0.273. The van der Waals surface area contributed by atoms with Gasteiger partial charge in [0.1, 0.15) is 5.01 Å². The van der Waals surface area contributed by atoms with Crippen LogP contribution in [0.5, 0.6) is 0 Å². The number of likely N-dealkylation sites (N-methyl/N-ethyl adjacent to an activating group) is 1. The minimum absolute atomic E-state index is 0.0376. The molecule has 1 aromatic heterocycles. The largest absolute Gasteiger partial charge is 0.353 e. The normalized spacial score (nSPS) is 11.1. The van der Waals surface area contributed by atoms with Gasteiger partial charge in [0.25, 0.3) is 0 Å². The molecule has 0 saturated heterocycles. The van der Waals surface area contributed by atoms with Crippen molar-refractivity contribution < 1.29 is 4.79 Å². The maximum atomic E-state index is 12.0. The summed E-state index contributed by atoms with van der Waals surface area (Å²) in [6, 6.07) is 20.8. The van der Waals surface area contributed by atoms with Crippen molar-refractivity contribution in [2.45, 2.75) is 26.4 Å². The Hall–Kier alpha value is -2.50. The summed E-state index contributed by atoms with van der Waals surface area (Å²) in [6.45, 7) is 4.94. The predicted octanol–water partition coefficient (Wildman–Crippen LogP) is 4.43. The van der Waals surface area contributed by atoms with Gasteiger partial charge in [0.15, 0.2) is 0 Å². The third-order valence-electron chi connectivity index (χ3n) is 4.02. The first-order valence-corrected chi connectivity index (χ1v) is 9.93. The van der Waals surface area contributed by atoms with E-state index < -0.39 is 0 Å². The summed E-state index contributed by atoms with van der Waals surface area (Å²) in [5, 5.41) is 3.94. The maximum Gasteiger partial charge on any atom is 0.234 e. The van der Waals surface area contributed by atoms with Crippen LogP contribution in [0.25, 0.3) is 21.7 Å². The molecular formula is C22H25N3OS. The molecule has 5 heteroatoms. The number of nitrogens with zero attached hydrogens (tertiary/aromatic N) is 2. The van der Waals surface area contributed by atoms with Crippen LogP contribution in [0.3, 0.4) is 0 Å². The molecule has 4 nitrogen and oxygen atoms in total. The molecule has 27 heavy (non-hydrogen) atoms. The van der Waals surface area contributed by atoms with Crippen molar-refractivity contribution in [2.75, 3.05) is 13.6 Å². The first kappa shape index (κ1) is 19.3. The van der Waals surface area contributed by atoms with Gasteiger partial charge < -0.3 is 5.32 Å². The van der Waals surface area contributed by atoms with Crippen molar-refractivity contribution in [2.24, 2.45) is 0 Å². The minimum atomic E-state index is 0.0376. The fourth-order valence-corrected chi connectivity index (χ4v) is 4.08. The van der Waals surface area contributed by atoms with Gasteiger partial charge in [-0.25, -0.2) is 4.98 Å². The van der Waals surface area contributed by atoms with Crippen molar-refractivity contribution in [3.05, 3.63) is 65.7 Å². The third-order valence-corrected chi connectivity index (χ3v) is 5.11. The number of thiazole rings is 1. The second-order valence-electron chi connectivity index (χ2n) is 6.91. The smallest absolute Gasteiger partial charge is 0.234 e. The molecule has 1 N–H and O–H groups in total. The van der Waals surface area contributed by atoms with Crippen molar-refractivity contribution >= 4 is 17.2 Å². The lowest BCUT2D eigenvalue weighted by molar-refractivity contribution is -0.122. The summed E-state index contributed by atoms with van der Waals surface area (Å²) in [5.41, 5.74) is 3.28. The third kappa shape index (κ3) is 5.25. The van der Waals surface area contributed by atoms with E-state index >= 15 is 0 Å². The molecule has 0 saturated carbocycles. The molecule has 0 fully saturated rings. The van der Waals surface area contributed by atoms with Gasteiger partial charge in [0, 0.05) is 11.6 Å². The van der Waals surface area contributed by atoms with Crippen LogP contribution in [-0.2, 0) is 11.3 Å². The standard InChI is InChI=1S/C22H25N3OS/c1-16(2)23-19(26)14-25(3)15-20-24-21(17-10-6-4-7-11-17)22(27-20)18-12-8-5-9-13-18/h4-13,16H,14-15H2,1-3H3,(H,23,26). The van der Waals surface area contributed by atoms with Gasteiger partial charge in [-0.15, -0.1) is 11.3 Å². The number of aromatic nitrogens is 1. The van der Waals surface area contributed by atoms with Crippen molar-refractivity contribution in [3.63, 3.8) is 0 Å². The first-order chi connectivity index (χ1) is 13.0. The van der Waals surface area contributed by atoms with Crippen LogP contribution in [0.15, 0.2) is 60.7 Å². The zero-order valence-corrected chi connectivity index (χ0v) is 16.8. The number of hydrogen-bond donors (Lipinski definition) is 1. The van der Waals surface area contributed by atoms with Gasteiger partial charge in [-0.05, 0) is 26.5 Å². The quantitative estimate of drug-likeness (QED) is 0.660. The van der Waals surface area contributed by atoms with Crippen LogP contribution in [0, 0.1) is 0 Å². The van der Waals surface area contributed by atoms with Gasteiger partial charge in [-0.3, -0.25) is 9.69 Å². The number of rotatable bonds is 7. The highest BCUT2D eigenvalue weighted by molar-refractivity contribution is 7.15. The second-order valence-corrected chi connectivity index (χ2v) is 8.00. The number of carbonyl (C=O) groups excluding carboxylic acids is 1. The molecule has 0 spiro atoms. The fourth-order valence-electron chi connectivity index (χ4n) is 2.91. The van der Waals surface area contributed by atoms with Gasteiger partial charge in [-0.2, -0.15) is 0 Å². The minimum Gasteiger partial charge on any atom is -0.353 e. The molecule has 140 valence electrons. The Labute approximate surface area is 164 Å². The summed E-state index contributed by atoms with van der Waals surface area (Å²) in [4.78, 5) is 20.1. The molecule has 0 aliphatic rings. The van der Waals surface area contributed by atoms with Crippen LogP contribution in [0.1, 0.15) is 18.9 Å². The van der Waals surface area contributed by atoms with E-state index in [9.17, 15) is 4.79 Å². The number of nitrogens with one attached hydrogen (secondary N) is 1. The van der Waals surface area contributed by atoms with E-state index in [-0.39, 0.29) is 11.9 Å². The second kappa shape index (κ2) is 8.93. The van der Waals surface area contributed by atoms with Crippen LogP contribution in [0.4, 0.5) is 0 Å². The monoisotopic (exact) mass is 379 g/mol. The van der Waals surface area contributed by atoms with Crippen LogP contribution in [-0.4, -0.2) is 35.4 Å². The van der Waals surface area contributed by atoms with E-state index in [0.717, 1.165) is 21.1 Å². The molecule has 1 amide bonds. The van der Waals surface area contributed by atoms with E-state index in [2.05, 4.69) is 29.6 Å². The van der Waals surface area contributed by atoms with E-state index in [1.165, 1.54) is 5.56 Å². The molecule has 0 unspecified atom stereocenters. The number of benzene rings is 2. The highest BCUT2D eigenvalue weighted by Gasteiger charge is 2.16. The first-order valence-electron chi connectivity index (χ1n) is 9.11. The number of carbonyl (C=O) groups is 1. The Morgan fingerprint density at radius 2 is 1.63 bits per heavy atom. The Kier molecular flexibility index (Phi) is 6.37. The Morgan fingerprint density at radius 3 is 2.22 bits per heavy atom. The van der Waals surface area contributed by atoms with Crippen LogP contribution >= 0.6 is 11.3 Å². The molecule has 0 bridgehead atoms. The highest BCUT2D eigenvalue weighted by atomic mass is 32.1. The SMILES string of the molecule is CC(C)NC(=O)CN(C)Cc1nc(-c2ccccc2)c(-c2ccccc2)s1. The Balaban J connectivity index is 1.85. The highest BCUT2D eigenvalue weighted by Crippen LogP contribution is 2.37. The van der Waals surface area contributed by atoms with Crippen molar-refractivity contribution in [3.8, 4) is 21.7 Å². The molecular weight excluding hydrogens is 354 g/mol. The average molecular weight is 380 g/mol. The van der Waals surface area contributed by atoms with Gasteiger partial charge >= 0.3 is 0 Å². The maximum absolute atomic E-state index is 12.0. The lowest BCUT2D eigenvalue weighted by Crippen LogP contribution is -2.38. The Morgan fingerprint density at radius 1 is 1.04 bits per heavy atom. The molecule has 1 heterocycles. The van der Waals surface area contributed by atoms with Crippen molar-refractivity contribution in [1.29, 1.82) is 0 Å². The van der Waals surface area contributed by atoms with Crippen LogP contribution < -0.4 is 5.32 Å². The Bertz CT molecular complexity index is 818. The summed E-state index contributed by atoms with van der Waals surface area (Å²) in [6.07, 6.45) is 0. The molecule has 0 aliphatic carbocycles. The molecule has 0 radical (unpaired) electrons. The van der Waals surface area contributed by atoms with Gasteiger partial charge in [-0.1, -0.05) is 60.7 Å². The predicted molar refractivity (Wildman–Crippen MR) is 113 cm³/mol. The average Bonchev–Trinajstić information content (AvgIpc) is 3.06. The number of amides is 1. The zero-order chi connectivity index (χ0) is 19.2. The molecule has 0 aliphatic heterocycles. The lowest BCUT2D eigenvalue weighted by Gasteiger charge is -2.16. The molecule has 0 atom stereocenters. The zero-order valence-electron chi connectivity index (χ0n) is 16.0. The van der Waals surface area contributed by atoms with Crippen molar-refractivity contribution in [1.82, 2.24) is 15.2 Å². The van der Waals surface area contributed by atoms with E-state index in [1.807, 2.05) is 62.2 Å². The van der Waals surface area contributed by atoms with E-state index in [1.54, 1.807) is 11.3 Å². The van der Waals surface area contributed by atoms with E-state index in [0.29, 0.717) is 13.1 Å². The molecule has 2 aromatic carbocycles. The summed E-state index contributed by atoms with van der Waals surface area (Å²) >= 11 is 1.69. The van der Waals surface area contributed by atoms with Gasteiger partial charge in [0.2, 0.25) is 5.91 Å². The molecule has 3 rings (SSSR count). The topological polar surface area (TPSA) is 45.2 Å². The van der Waals surface area contributed by atoms with Crippen LogP contribution in [0.2, 0.25) is 0 Å². The summed E-state index contributed by atoms with van der Waals surface area (Å²) in [7, 11) is 1.95.